The number of methoxy groups -OCH3 is 1. The summed E-state index contributed by atoms with van der Waals surface area (Å²) in [5.41, 5.74) is 4.11. The van der Waals surface area contributed by atoms with E-state index in [1.165, 1.54) is 19.3 Å². The average Bonchev–Trinajstić information content (AvgIpc) is 2.34. The molecule has 1 N–H and O–H groups in total. The van der Waals surface area contributed by atoms with Crippen molar-refractivity contribution in [1.82, 2.24) is 5.43 Å². The molecule has 0 radical (unpaired) electrons. The summed E-state index contributed by atoms with van der Waals surface area (Å²) in [6.45, 7) is 3.14. The molecule has 0 aliphatic rings. The van der Waals surface area contributed by atoms with Crippen LogP contribution in [-0.2, 0) is 0 Å². The van der Waals surface area contributed by atoms with Crippen LogP contribution in [0.1, 0.15) is 31.7 Å². The lowest BCUT2D eigenvalue weighted by molar-refractivity contribution is 0.415. The monoisotopic (exact) mass is 220 g/mol. The third kappa shape index (κ3) is 4.82. The third-order valence-corrected chi connectivity index (χ3v) is 2.31. The molecule has 3 heteroatoms. The van der Waals surface area contributed by atoms with E-state index in [-0.39, 0.29) is 0 Å². The molecule has 1 aromatic carbocycles. The maximum Gasteiger partial charge on any atom is 0.118 e. The zero-order valence-corrected chi connectivity index (χ0v) is 10.1. The van der Waals surface area contributed by atoms with E-state index in [2.05, 4.69) is 17.5 Å². The van der Waals surface area contributed by atoms with Crippen LogP contribution in [0.25, 0.3) is 0 Å². The Hall–Kier alpha value is -1.51. The van der Waals surface area contributed by atoms with Gasteiger partial charge in [-0.1, -0.05) is 19.8 Å². The van der Waals surface area contributed by atoms with Gasteiger partial charge in [-0.2, -0.15) is 5.10 Å². The van der Waals surface area contributed by atoms with Crippen LogP contribution in [0.2, 0.25) is 0 Å². The largest absolute Gasteiger partial charge is 0.497 e. The molecule has 16 heavy (non-hydrogen) atoms. The van der Waals surface area contributed by atoms with Gasteiger partial charge in [-0.05, 0) is 36.2 Å². The molecule has 0 amide bonds. The Balaban J connectivity index is 2.27. The molecule has 0 aliphatic carbocycles. The Morgan fingerprint density at radius 2 is 2.00 bits per heavy atom. The first-order valence-electron chi connectivity index (χ1n) is 5.76. The van der Waals surface area contributed by atoms with Gasteiger partial charge in [-0.25, -0.2) is 0 Å². The maximum atomic E-state index is 5.08. The van der Waals surface area contributed by atoms with Crippen LogP contribution >= 0.6 is 0 Å². The first-order valence-corrected chi connectivity index (χ1v) is 5.76. The zero-order chi connectivity index (χ0) is 11.6. The molecule has 0 fully saturated rings. The Kier molecular flexibility index (Phi) is 6.07. The molecule has 0 aliphatic heterocycles. The van der Waals surface area contributed by atoms with Gasteiger partial charge >= 0.3 is 0 Å². The van der Waals surface area contributed by atoms with Crippen LogP contribution in [0.3, 0.4) is 0 Å². The standard InChI is InChI=1S/C13H20N2O/c1-3-4-5-10-14-15-11-12-6-8-13(16-2)9-7-12/h6-9,11,14H,3-5,10H2,1-2H3. The maximum absolute atomic E-state index is 5.08. The molecule has 0 heterocycles. The summed E-state index contributed by atoms with van der Waals surface area (Å²) in [6.07, 6.45) is 5.50. The third-order valence-electron chi connectivity index (χ3n) is 2.31. The predicted molar refractivity (Wildman–Crippen MR) is 68.1 cm³/mol. The van der Waals surface area contributed by atoms with E-state index in [1.807, 2.05) is 30.5 Å². The molecule has 1 aromatic rings. The fourth-order valence-corrected chi connectivity index (χ4v) is 1.33. The minimum Gasteiger partial charge on any atom is -0.497 e. The minimum absolute atomic E-state index is 0.869. The van der Waals surface area contributed by atoms with Crippen LogP contribution in [0.5, 0.6) is 5.75 Å². The Morgan fingerprint density at radius 1 is 1.25 bits per heavy atom. The highest BCUT2D eigenvalue weighted by molar-refractivity contribution is 5.79. The van der Waals surface area contributed by atoms with Crippen molar-refractivity contribution in [2.24, 2.45) is 5.10 Å². The Morgan fingerprint density at radius 3 is 2.62 bits per heavy atom. The van der Waals surface area contributed by atoms with Crippen molar-refractivity contribution in [2.45, 2.75) is 26.2 Å². The number of nitrogens with one attached hydrogen (secondary N) is 1. The van der Waals surface area contributed by atoms with Gasteiger partial charge in [0.05, 0.1) is 13.3 Å². The number of rotatable bonds is 7. The minimum atomic E-state index is 0.869. The molecule has 0 bridgehead atoms. The molecule has 0 aromatic heterocycles. The summed E-state index contributed by atoms with van der Waals surface area (Å²) in [7, 11) is 1.67. The van der Waals surface area contributed by atoms with E-state index in [1.54, 1.807) is 7.11 Å². The summed E-state index contributed by atoms with van der Waals surface area (Å²) in [4.78, 5) is 0. The summed E-state index contributed by atoms with van der Waals surface area (Å²) in [6, 6.07) is 7.82. The van der Waals surface area contributed by atoms with Crippen LogP contribution < -0.4 is 10.2 Å². The van der Waals surface area contributed by atoms with Gasteiger partial charge in [-0.3, -0.25) is 0 Å². The predicted octanol–water partition coefficient (Wildman–Crippen LogP) is 2.81. The number of hydrazone groups is 1. The highest BCUT2D eigenvalue weighted by Crippen LogP contribution is 2.09. The fraction of sp³-hybridized carbons (Fsp3) is 0.462. The van der Waals surface area contributed by atoms with Crippen molar-refractivity contribution in [3.8, 4) is 5.75 Å². The molecule has 0 saturated carbocycles. The molecule has 3 nitrogen and oxygen atoms in total. The van der Waals surface area contributed by atoms with Gasteiger partial charge < -0.3 is 10.2 Å². The lowest BCUT2D eigenvalue weighted by Crippen LogP contribution is -2.07. The molecule has 1 rings (SSSR count). The van der Waals surface area contributed by atoms with Crippen LogP contribution in [0.4, 0.5) is 0 Å². The van der Waals surface area contributed by atoms with Crippen LogP contribution in [-0.4, -0.2) is 19.9 Å². The van der Waals surface area contributed by atoms with Crippen molar-refractivity contribution < 1.29 is 4.74 Å². The van der Waals surface area contributed by atoms with Gasteiger partial charge in [0.1, 0.15) is 5.75 Å². The van der Waals surface area contributed by atoms with Crippen molar-refractivity contribution >= 4 is 6.21 Å². The molecule has 0 spiro atoms. The normalized spacial score (nSPS) is 10.6. The second kappa shape index (κ2) is 7.74. The highest BCUT2D eigenvalue weighted by atomic mass is 16.5. The molecule has 0 atom stereocenters. The van der Waals surface area contributed by atoms with Crippen molar-refractivity contribution in [3.63, 3.8) is 0 Å². The SMILES string of the molecule is CCCCCNN=Cc1ccc(OC)cc1. The van der Waals surface area contributed by atoms with Crippen molar-refractivity contribution in [3.05, 3.63) is 29.8 Å². The second-order valence-corrected chi connectivity index (χ2v) is 3.65. The van der Waals surface area contributed by atoms with E-state index >= 15 is 0 Å². The second-order valence-electron chi connectivity index (χ2n) is 3.65. The zero-order valence-electron chi connectivity index (χ0n) is 10.1. The topological polar surface area (TPSA) is 33.6 Å². The lowest BCUT2D eigenvalue weighted by atomic mass is 10.2. The summed E-state index contributed by atoms with van der Waals surface area (Å²) >= 11 is 0. The van der Waals surface area contributed by atoms with E-state index in [0.29, 0.717) is 0 Å². The number of benzene rings is 1. The number of hydrogen-bond donors (Lipinski definition) is 1. The van der Waals surface area contributed by atoms with Crippen molar-refractivity contribution in [1.29, 1.82) is 0 Å². The van der Waals surface area contributed by atoms with Crippen LogP contribution in [0.15, 0.2) is 29.4 Å². The van der Waals surface area contributed by atoms with Gasteiger partial charge in [0, 0.05) is 6.54 Å². The molecule has 0 saturated heterocycles. The summed E-state index contributed by atoms with van der Waals surface area (Å²) < 4.78 is 5.08. The fourth-order valence-electron chi connectivity index (χ4n) is 1.33. The number of nitrogens with zero attached hydrogens (tertiary/aromatic N) is 1. The van der Waals surface area contributed by atoms with E-state index in [0.717, 1.165) is 17.9 Å². The Labute approximate surface area is 97.5 Å². The number of ether oxygens (including phenoxy) is 1. The van der Waals surface area contributed by atoms with Gasteiger partial charge in [-0.15, -0.1) is 0 Å². The van der Waals surface area contributed by atoms with E-state index in [9.17, 15) is 0 Å². The van der Waals surface area contributed by atoms with E-state index in [4.69, 9.17) is 4.74 Å². The summed E-state index contributed by atoms with van der Waals surface area (Å²) in [5, 5.41) is 4.15. The number of unbranched alkanes of at least 4 members (excludes halogenated alkanes) is 2. The molecule has 0 unspecified atom stereocenters. The smallest absolute Gasteiger partial charge is 0.118 e. The van der Waals surface area contributed by atoms with E-state index < -0.39 is 0 Å². The summed E-state index contributed by atoms with van der Waals surface area (Å²) in [5.74, 6) is 0.869. The van der Waals surface area contributed by atoms with Crippen LogP contribution in [0, 0.1) is 0 Å². The van der Waals surface area contributed by atoms with Crippen molar-refractivity contribution in [2.75, 3.05) is 13.7 Å². The first kappa shape index (κ1) is 12.6. The molecular formula is C13H20N2O. The van der Waals surface area contributed by atoms with Gasteiger partial charge in [0.15, 0.2) is 0 Å². The first-order chi connectivity index (χ1) is 7.86. The Bertz CT molecular complexity index is 306. The average molecular weight is 220 g/mol. The van der Waals surface area contributed by atoms with Gasteiger partial charge in [0.2, 0.25) is 0 Å². The molecular weight excluding hydrogens is 200 g/mol. The quantitative estimate of drug-likeness (QED) is 0.435. The molecule has 88 valence electrons. The van der Waals surface area contributed by atoms with Gasteiger partial charge in [0.25, 0.3) is 0 Å². The highest BCUT2D eigenvalue weighted by Gasteiger charge is 1.90. The number of hydrogen-bond acceptors (Lipinski definition) is 3. The lowest BCUT2D eigenvalue weighted by Gasteiger charge is -2.00.